The molecule has 0 bridgehead atoms. The van der Waals surface area contributed by atoms with Gasteiger partial charge in [-0.2, -0.15) is 5.26 Å². The molecule has 2 aromatic heterocycles. The molecular weight excluding hydrogens is 283 g/mol. The zero-order chi connectivity index (χ0) is 15.0. The summed E-state index contributed by atoms with van der Waals surface area (Å²) in [5, 5.41) is 11.6. The average molecular weight is 298 g/mol. The monoisotopic (exact) mass is 298 g/mol. The Labute approximate surface area is 125 Å². The highest BCUT2D eigenvalue weighted by Gasteiger charge is 2.24. The maximum Gasteiger partial charge on any atom is 0.146 e. The molecule has 106 valence electrons. The maximum absolute atomic E-state index is 8.76. The lowest BCUT2D eigenvalue weighted by molar-refractivity contribution is 0.349. The van der Waals surface area contributed by atoms with Gasteiger partial charge < -0.3 is 4.34 Å². The second-order valence-corrected chi connectivity index (χ2v) is 5.46. The highest BCUT2D eigenvalue weighted by Crippen LogP contribution is 2.29. The Bertz CT molecular complexity index is 797. The fraction of sp³-hybridized carbons (Fsp3) is 0.214. The largest absolute Gasteiger partial charge is 0.317 e. The Kier molecular flexibility index (Phi) is 3.46. The van der Waals surface area contributed by atoms with E-state index in [1.165, 1.54) is 6.08 Å². The minimum Gasteiger partial charge on any atom is -0.317 e. The van der Waals surface area contributed by atoms with E-state index in [2.05, 4.69) is 31.7 Å². The maximum atomic E-state index is 8.76. The zero-order valence-corrected chi connectivity index (χ0v) is 12.9. The predicted molar refractivity (Wildman–Crippen MR) is 84.4 cm³/mol. The number of nitrogens with zero attached hydrogens (tertiary/aromatic N) is 5. The summed E-state index contributed by atoms with van der Waals surface area (Å²) < 4.78 is 1.90. The molecule has 2 atom stereocenters. The Balaban J connectivity index is 2.08. The van der Waals surface area contributed by atoms with Gasteiger partial charge in [-0.15, -0.1) is 0 Å². The minimum absolute atomic E-state index is 0.109. The van der Waals surface area contributed by atoms with Crippen molar-refractivity contribution in [3.63, 3.8) is 0 Å². The summed E-state index contributed by atoms with van der Waals surface area (Å²) in [6, 6.07) is 4.16. The molecule has 2 aromatic rings. The lowest BCUT2D eigenvalue weighted by Gasteiger charge is -2.17. The molecule has 0 aliphatic carbocycles. The van der Waals surface area contributed by atoms with Crippen LogP contribution >= 0.6 is 9.39 Å². The summed E-state index contributed by atoms with van der Waals surface area (Å²) in [7, 11) is 2.61. The van der Waals surface area contributed by atoms with E-state index in [-0.39, 0.29) is 6.04 Å². The topological polar surface area (TPSA) is 69.8 Å². The van der Waals surface area contributed by atoms with Crippen LogP contribution in [0.5, 0.6) is 0 Å². The SMILES string of the molecule is C/C(=C/C#N)N1C=C(c2ncnc3c2ccn3P)C(C)N1. The lowest BCUT2D eigenvalue weighted by atomic mass is 10.1. The van der Waals surface area contributed by atoms with Crippen LogP contribution in [0.15, 0.2) is 36.6 Å². The summed E-state index contributed by atoms with van der Waals surface area (Å²) >= 11 is 0. The van der Waals surface area contributed by atoms with E-state index in [1.807, 2.05) is 40.8 Å². The van der Waals surface area contributed by atoms with Crippen LogP contribution in [0.4, 0.5) is 0 Å². The molecule has 3 rings (SSSR count). The molecule has 0 amide bonds. The van der Waals surface area contributed by atoms with Crippen molar-refractivity contribution in [2.24, 2.45) is 0 Å². The van der Waals surface area contributed by atoms with Crippen molar-refractivity contribution in [3.8, 4) is 6.07 Å². The molecule has 7 heteroatoms. The van der Waals surface area contributed by atoms with Gasteiger partial charge in [0.2, 0.25) is 0 Å². The standard InChI is InChI=1S/C14H15N6P/c1-9(3-5-15)19-7-12(10(2)18-19)13-11-4-6-20(21)14(11)17-8-16-13/h3-4,6-8,10,18H,21H2,1-2H3/b9-3-. The molecule has 1 aliphatic heterocycles. The molecule has 3 heterocycles. The number of hydrogen-bond acceptors (Lipinski definition) is 5. The van der Waals surface area contributed by atoms with E-state index in [9.17, 15) is 0 Å². The number of aromatic nitrogens is 3. The van der Waals surface area contributed by atoms with E-state index in [0.717, 1.165) is 28.0 Å². The van der Waals surface area contributed by atoms with Crippen LogP contribution in [0.1, 0.15) is 19.5 Å². The van der Waals surface area contributed by atoms with Gasteiger partial charge in [0.25, 0.3) is 0 Å². The summed E-state index contributed by atoms with van der Waals surface area (Å²) in [4.78, 5) is 8.74. The van der Waals surface area contributed by atoms with Crippen molar-refractivity contribution in [2.45, 2.75) is 19.9 Å². The molecular formula is C14H15N6P. The van der Waals surface area contributed by atoms with Crippen LogP contribution in [0, 0.1) is 11.3 Å². The number of hydrogen-bond donors (Lipinski definition) is 1. The second-order valence-electron chi connectivity index (χ2n) is 4.90. The molecule has 0 radical (unpaired) electrons. The van der Waals surface area contributed by atoms with Crippen LogP contribution in [-0.4, -0.2) is 25.4 Å². The van der Waals surface area contributed by atoms with Crippen LogP contribution < -0.4 is 5.43 Å². The van der Waals surface area contributed by atoms with Crippen LogP contribution in [-0.2, 0) is 0 Å². The second kappa shape index (κ2) is 5.28. The van der Waals surface area contributed by atoms with Crippen LogP contribution in [0.2, 0.25) is 0 Å². The molecule has 0 saturated carbocycles. The molecule has 1 N–H and O–H groups in total. The van der Waals surface area contributed by atoms with Crippen molar-refractivity contribution in [2.75, 3.05) is 0 Å². The molecule has 0 spiro atoms. The zero-order valence-electron chi connectivity index (χ0n) is 11.8. The van der Waals surface area contributed by atoms with E-state index in [1.54, 1.807) is 6.33 Å². The highest BCUT2D eigenvalue weighted by atomic mass is 31.0. The number of hydrazine groups is 1. The first-order chi connectivity index (χ1) is 10.1. The predicted octanol–water partition coefficient (Wildman–Crippen LogP) is 2.05. The average Bonchev–Trinajstić information content (AvgIpc) is 3.03. The Hall–Kier alpha value is -2.22. The summed E-state index contributed by atoms with van der Waals surface area (Å²) in [6.07, 6.45) is 7.01. The van der Waals surface area contributed by atoms with E-state index in [4.69, 9.17) is 5.26 Å². The quantitative estimate of drug-likeness (QED) is 0.679. The molecule has 2 unspecified atom stereocenters. The van der Waals surface area contributed by atoms with Gasteiger partial charge in [-0.05, 0) is 29.3 Å². The van der Waals surface area contributed by atoms with Gasteiger partial charge in [0.05, 0.1) is 17.8 Å². The number of nitrogens with one attached hydrogen (secondary N) is 1. The van der Waals surface area contributed by atoms with Gasteiger partial charge in [0.15, 0.2) is 0 Å². The van der Waals surface area contributed by atoms with Crippen molar-refractivity contribution >= 4 is 26.0 Å². The highest BCUT2D eigenvalue weighted by molar-refractivity contribution is 7.14. The normalized spacial score (nSPS) is 19.0. The minimum atomic E-state index is 0.109. The van der Waals surface area contributed by atoms with E-state index in [0.29, 0.717) is 0 Å². The molecule has 0 fully saturated rings. The van der Waals surface area contributed by atoms with E-state index >= 15 is 0 Å². The summed E-state index contributed by atoms with van der Waals surface area (Å²) in [5.41, 5.74) is 7.01. The fourth-order valence-electron chi connectivity index (χ4n) is 2.40. The molecule has 6 nitrogen and oxygen atoms in total. The number of rotatable bonds is 2. The molecule has 21 heavy (non-hydrogen) atoms. The summed E-state index contributed by atoms with van der Waals surface area (Å²) in [6.45, 7) is 3.95. The third-order valence-electron chi connectivity index (χ3n) is 3.50. The first-order valence-electron chi connectivity index (χ1n) is 6.53. The first kappa shape index (κ1) is 13.7. The van der Waals surface area contributed by atoms with Crippen molar-refractivity contribution in [3.05, 3.63) is 42.3 Å². The van der Waals surface area contributed by atoms with Gasteiger partial charge in [-0.25, -0.2) is 15.4 Å². The van der Waals surface area contributed by atoms with Gasteiger partial charge in [-0.1, -0.05) is 0 Å². The third-order valence-corrected chi connectivity index (χ3v) is 3.92. The summed E-state index contributed by atoms with van der Waals surface area (Å²) in [5.74, 6) is 0. The van der Waals surface area contributed by atoms with Gasteiger partial charge >= 0.3 is 0 Å². The Morgan fingerprint density at radius 1 is 1.52 bits per heavy atom. The lowest BCUT2D eigenvalue weighted by Crippen LogP contribution is -2.32. The van der Waals surface area contributed by atoms with Crippen molar-refractivity contribution < 1.29 is 0 Å². The van der Waals surface area contributed by atoms with Crippen LogP contribution in [0.25, 0.3) is 16.6 Å². The van der Waals surface area contributed by atoms with Gasteiger partial charge in [0.1, 0.15) is 12.0 Å². The molecule has 0 saturated heterocycles. The number of fused-ring (bicyclic) bond motifs is 1. The number of allylic oxidation sites excluding steroid dienone is 2. The molecule has 1 aliphatic rings. The number of nitriles is 1. The Morgan fingerprint density at radius 3 is 3.10 bits per heavy atom. The van der Waals surface area contributed by atoms with Gasteiger partial charge in [0, 0.05) is 35.1 Å². The van der Waals surface area contributed by atoms with E-state index < -0.39 is 0 Å². The first-order valence-corrected chi connectivity index (χ1v) is 7.04. The van der Waals surface area contributed by atoms with Crippen LogP contribution in [0.3, 0.4) is 0 Å². The molecule has 0 aromatic carbocycles. The third kappa shape index (κ3) is 2.31. The van der Waals surface area contributed by atoms with Crippen molar-refractivity contribution in [1.29, 1.82) is 5.26 Å². The van der Waals surface area contributed by atoms with Crippen molar-refractivity contribution in [1.82, 2.24) is 24.7 Å². The van der Waals surface area contributed by atoms with Gasteiger partial charge in [-0.3, -0.25) is 5.01 Å². The Morgan fingerprint density at radius 2 is 2.33 bits per heavy atom. The smallest absolute Gasteiger partial charge is 0.146 e. The fourth-order valence-corrected chi connectivity index (χ4v) is 2.69.